The molecule has 0 aliphatic carbocycles. The largest absolute Gasteiger partial charge is 0.469 e. The van der Waals surface area contributed by atoms with Crippen molar-refractivity contribution in [2.24, 2.45) is 14.1 Å². The van der Waals surface area contributed by atoms with Crippen molar-refractivity contribution in [3.63, 3.8) is 0 Å². The Labute approximate surface area is 207 Å². The van der Waals surface area contributed by atoms with Crippen LogP contribution in [0.1, 0.15) is 16.6 Å². The number of esters is 1. The number of phosphoric acid groups is 1. The molecule has 3 aromatic heterocycles. The molecule has 16 nitrogen and oxygen atoms in total. The Morgan fingerprint density at radius 1 is 1.24 bits per heavy atom. The van der Waals surface area contributed by atoms with Gasteiger partial charge in [0, 0.05) is 20.2 Å². The summed E-state index contributed by atoms with van der Waals surface area (Å²) in [5.74, 6) is -0.796. The third-order valence-corrected chi connectivity index (χ3v) is 6.33. The highest BCUT2D eigenvalue weighted by atomic mass is 31.2. The zero-order chi connectivity index (χ0) is 27.1. The van der Waals surface area contributed by atoms with Crippen LogP contribution in [0.4, 0.5) is 0 Å². The van der Waals surface area contributed by atoms with Crippen LogP contribution >= 0.6 is 7.82 Å². The number of carbonyl (C=O) groups excluding carboxylic acids is 1. The first-order valence-corrected chi connectivity index (χ1v) is 12.4. The number of aliphatic hydroxyl groups is 2. The highest BCUT2D eigenvalue weighted by Gasteiger charge is 2.49. The fraction of sp³-hybridized carbons (Fsp3) is 0.450. The van der Waals surface area contributed by atoms with Crippen molar-refractivity contribution < 1.29 is 47.9 Å². The second-order valence-corrected chi connectivity index (χ2v) is 9.57. The first kappa shape index (κ1) is 26.8. The minimum absolute atomic E-state index is 0.0324. The summed E-state index contributed by atoms with van der Waals surface area (Å²) in [5.41, 5.74) is -0.705. The van der Waals surface area contributed by atoms with Gasteiger partial charge in [0.1, 0.15) is 24.4 Å². The Balaban J connectivity index is 1.44. The van der Waals surface area contributed by atoms with Crippen LogP contribution in [-0.2, 0) is 39.2 Å². The van der Waals surface area contributed by atoms with Crippen LogP contribution in [0.5, 0.6) is 0 Å². The van der Waals surface area contributed by atoms with Gasteiger partial charge in [-0.05, 0) is 6.07 Å². The lowest BCUT2D eigenvalue weighted by molar-refractivity contribution is -0.765. The van der Waals surface area contributed by atoms with E-state index in [1.165, 1.54) is 51.6 Å². The van der Waals surface area contributed by atoms with E-state index >= 15 is 0 Å². The van der Waals surface area contributed by atoms with Gasteiger partial charge in [0.2, 0.25) is 0 Å². The Bertz CT molecular complexity index is 1490. The topological polar surface area (TPSA) is 208 Å². The molecule has 1 aliphatic rings. The van der Waals surface area contributed by atoms with Gasteiger partial charge in [0.05, 0.1) is 19.5 Å². The zero-order valence-electron chi connectivity index (χ0n) is 19.6. The molecular formula is C20H25N5O11P+. The normalized spacial score (nSPS) is 22.0. The van der Waals surface area contributed by atoms with Gasteiger partial charge in [0.25, 0.3) is 11.8 Å². The maximum Gasteiger partial charge on any atom is 0.469 e. The van der Waals surface area contributed by atoms with E-state index in [0.29, 0.717) is 0 Å². The van der Waals surface area contributed by atoms with Crippen molar-refractivity contribution in [1.29, 1.82) is 0 Å². The summed E-state index contributed by atoms with van der Waals surface area (Å²) in [6, 6.07) is 2.87. The molecule has 0 spiro atoms. The van der Waals surface area contributed by atoms with Crippen molar-refractivity contribution in [3.05, 3.63) is 57.3 Å². The Hall–Kier alpha value is -3.24. The highest BCUT2D eigenvalue weighted by Crippen LogP contribution is 2.37. The fourth-order valence-corrected chi connectivity index (χ4v) is 4.30. The van der Waals surface area contributed by atoms with Gasteiger partial charge in [-0.1, -0.05) is 0 Å². The summed E-state index contributed by atoms with van der Waals surface area (Å²) >= 11 is 0. The van der Waals surface area contributed by atoms with Gasteiger partial charge in [0.15, 0.2) is 29.7 Å². The molecule has 0 bridgehead atoms. The number of pyridine rings is 1. The number of phosphoric ester groups is 1. The lowest BCUT2D eigenvalue weighted by Crippen LogP contribution is -2.46. The zero-order valence-corrected chi connectivity index (χ0v) is 20.5. The predicted octanol–water partition coefficient (Wildman–Crippen LogP) is -2.69. The molecule has 3 aromatic rings. The van der Waals surface area contributed by atoms with Crippen LogP contribution in [0.25, 0.3) is 11.2 Å². The van der Waals surface area contributed by atoms with E-state index in [1.807, 2.05) is 0 Å². The van der Waals surface area contributed by atoms with E-state index in [2.05, 4.69) is 9.51 Å². The van der Waals surface area contributed by atoms with Gasteiger partial charge >= 0.3 is 19.5 Å². The number of carbonyl (C=O) groups is 1. The number of hydrogen-bond donors (Lipinski definition) is 4. The van der Waals surface area contributed by atoms with Gasteiger partial charge in [-0.2, -0.15) is 4.57 Å². The third-order valence-electron chi connectivity index (χ3n) is 5.84. The number of ether oxygens (including phenoxy) is 2. The van der Waals surface area contributed by atoms with E-state index in [1.54, 1.807) is 7.05 Å². The van der Waals surface area contributed by atoms with Crippen LogP contribution in [0, 0.1) is 0 Å². The number of imidazole rings is 1. The Morgan fingerprint density at radius 3 is 2.68 bits per heavy atom. The molecule has 0 unspecified atom stereocenters. The van der Waals surface area contributed by atoms with Gasteiger partial charge in [-0.15, -0.1) is 0 Å². The summed E-state index contributed by atoms with van der Waals surface area (Å²) in [4.78, 5) is 59.6. The molecule has 0 aromatic carbocycles. The minimum atomic E-state index is -4.82. The number of aryl methyl sites for hydroxylation is 2. The minimum Gasteiger partial charge on any atom is -0.460 e. The molecule has 0 saturated carbocycles. The maximum absolute atomic E-state index is 12.7. The molecule has 4 atom stereocenters. The van der Waals surface area contributed by atoms with Crippen LogP contribution < -0.4 is 15.8 Å². The fourth-order valence-electron chi connectivity index (χ4n) is 3.96. The molecule has 4 rings (SSSR count). The van der Waals surface area contributed by atoms with E-state index in [4.69, 9.17) is 19.3 Å². The summed E-state index contributed by atoms with van der Waals surface area (Å²) in [7, 11) is -1.73. The molecule has 0 radical (unpaired) electrons. The van der Waals surface area contributed by atoms with E-state index in [-0.39, 0.29) is 29.9 Å². The molecule has 200 valence electrons. The average molecular weight is 542 g/mol. The lowest BCUT2D eigenvalue weighted by atomic mass is 10.1. The molecular weight excluding hydrogens is 517 g/mol. The quantitative estimate of drug-likeness (QED) is 0.130. The van der Waals surface area contributed by atoms with Crippen molar-refractivity contribution in [2.45, 2.75) is 31.1 Å². The molecule has 4 heterocycles. The van der Waals surface area contributed by atoms with Crippen LogP contribution in [0.15, 0.2) is 40.4 Å². The average Bonchev–Trinajstić information content (AvgIpc) is 3.37. The molecule has 1 aliphatic heterocycles. The van der Waals surface area contributed by atoms with Crippen LogP contribution in [0.3, 0.4) is 0 Å². The summed E-state index contributed by atoms with van der Waals surface area (Å²) in [5, 5.41) is 20.5. The number of hydrogen-bond acceptors (Lipinski definition) is 10. The first-order chi connectivity index (χ1) is 17.4. The standard InChI is InChI=1S/C20H24N5O11P/c1-22-10-21-16-13(22)17(28)25(20(30)23(16)2)6-7-34-19(29)11-4-3-5-24(8-11)18-15(27)14(26)12(36-18)9-35-37(31,32)33/h3-5,8,10,12,14-15,18,26-27H,6-7,9H2,1-2H3,(H-,31,32,33)/p+1/t12-,14-,15-,18-/m1/s1. The first-order valence-electron chi connectivity index (χ1n) is 10.9. The van der Waals surface area contributed by atoms with E-state index in [9.17, 15) is 29.2 Å². The molecule has 4 N–H and O–H groups in total. The maximum atomic E-state index is 12.7. The third kappa shape index (κ3) is 5.40. The monoisotopic (exact) mass is 542 g/mol. The second kappa shape index (κ2) is 10.3. The number of fused-ring (bicyclic) bond motifs is 1. The smallest absolute Gasteiger partial charge is 0.460 e. The molecule has 17 heteroatoms. The van der Waals surface area contributed by atoms with Gasteiger partial charge < -0.3 is 34.0 Å². The number of aromatic nitrogens is 5. The van der Waals surface area contributed by atoms with Crippen molar-refractivity contribution >= 4 is 25.0 Å². The lowest BCUT2D eigenvalue weighted by Gasteiger charge is -2.13. The molecule has 37 heavy (non-hydrogen) atoms. The highest BCUT2D eigenvalue weighted by molar-refractivity contribution is 7.46. The molecule has 1 fully saturated rings. The summed E-state index contributed by atoms with van der Waals surface area (Å²) < 4.78 is 30.9. The number of aliphatic hydroxyl groups excluding tert-OH is 2. The molecule has 0 amide bonds. The number of nitrogens with zero attached hydrogens (tertiary/aromatic N) is 5. The summed E-state index contributed by atoms with van der Waals surface area (Å²) in [6.07, 6.45) is -1.31. The van der Waals surface area contributed by atoms with Crippen molar-refractivity contribution in [2.75, 3.05) is 13.2 Å². The predicted molar refractivity (Wildman–Crippen MR) is 121 cm³/mol. The van der Waals surface area contributed by atoms with Gasteiger partial charge in [-0.3, -0.25) is 18.5 Å². The van der Waals surface area contributed by atoms with Crippen LogP contribution in [-0.4, -0.2) is 76.2 Å². The number of rotatable bonds is 8. The van der Waals surface area contributed by atoms with Gasteiger partial charge in [-0.25, -0.2) is 19.1 Å². The van der Waals surface area contributed by atoms with E-state index in [0.717, 1.165) is 4.57 Å². The van der Waals surface area contributed by atoms with Crippen molar-refractivity contribution in [1.82, 2.24) is 18.7 Å². The van der Waals surface area contributed by atoms with E-state index < -0.39 is 56.2 Å². The molecule has 1 saturated heterocycles. The Kier molecular flexibility index (Phi) is 7.43. The second-order valence-electron chi connectivity index (χ2n) is 8.33. The Morgan fingerprint density at radius 2 is 1.97 bits per heavy atom. The van der Waals surface area contributed by atoms with Crippen molar-refractivity contribution in [3.8, 4) is 0 Å². The summed E-state index contributed by atoms with van der Waals surface area (Å²) in [6.45, 7) is -1.18. The van der Waals surface area contributed by atoms with Crippen LogP contribution in [0.2, 0.25) is 0 Å². The SMILES string of the molecule is Cn1cnc2c1c(=O)n(CCOC(=O)c1ccc[n+]([C@@H]3O[C@H](COP(=O)(O)O)[C@@H](O)[C@H]3O)c1)c(=O)n2C.